The first-order valence-corrected chi connectivity index (χ1v) is 13.3. The van der Waals surface area contributed by atoms with E-state index in [1.807, 2.05) is 74.0 Å². The maximum Gasteiger partial charge on any atom is 0.253 e. The van der Waals surface area contributed by atoms with E-state index in [4.69, 9.17) is 0 Å². The number of amides is 3. The van der Waals surface area contributed by atoms with Crippen molar-refractivity contribution in [3.8, 4) is 0 Å². The summed E-state index contributed by atoms with van der Waals surface area (Å²) in [5.74, 6) is -0.994. The number of carbonyl (C=O) groups excluding carboxylic acids is 3. The van der Waals surface area contributed by atoms with Crippen LogP contribution in [0.25, 0.3) is 0 Å². The lowest BCUT2D eigenvalue weighted by Gasteiger charge is -2.22. The van der Waals surface area contributed by atoms with Crippen molar-refractivity contribution >= 4 is 23.4 Å². The molecular weight excluding hydrogens is 474 g/mol. The molecule has 199 valence electrons. The average Bonchev–Trinajstić information content (AvgIpc) is 2.93. The van der Waals surface area contributed by atoms with Crippen LogP contribution in [-0.4, -0.2) is 42.3 Å². The van der Waals surface area contributed by atoms with Crippen molar-refractivity contribution < 1.29 is 14.4 Å². The lowest BCUT2D eigenvalue weighted by Crippen LogP contribution is -2.40. The summed E-state index contributed by atoms with van der Waals surface area (Å²) in [5.41, 5.74) is 2.66. The molecule has 1 radical (unpaired) electrons. The molecule has 0 aliphatic carbocycles. The summed E-state index contributed by atoms with van der Waals surface area (Å²) in [5, 5.41) is 5.99. The first-order valence-electron chi connectivity index (χ1n) is 13.3. The van der Waals surface area contributed by atoms with Crippen LogP contribution in [0.4, 0.5) is 5.69 Å². The zero-order valence-electron chi connectivity index (χ0n) is 22.5. The van der Waals surface area contributed by atoms with Gasteiger partial charge in [0.15, 0.2) is 0 Å². The second-order valence-corrected chi connectivity index (χ2v) is 9.62. The molecule has 38 heavy (non-hydrogen) atoms. The number of nitrogens with one attached hydrogen (secondary N) is 2. The highest BCUT2D eigenvalue weighted by molar-refractivity contribution is 6.00. The molecule has 6 heteroatoms. The Balaban J connectivity index is 1.70. The maximum absolute atomic E-state index is 13.3. The molecule has 0 spiro atoms. The van der Waals surface area contributed by atoms with E-state index in [0.29, 0.717) is 24.1 Å². The van der Waals surface area contributed by atoms with Gasteiger partial charge in [0.05, 0.1) is 0 Å². The van der Waals surface area contributed by atoms with E-state index >= 15 is 0 Å². The fraction of sp³-hybridized carbons (Fsp3) is 0.312. The van der Waals surface area contributed by atoms with Gasteiger partial charge in [-0.25, -0.2) is 0 Å². The van der Waals surface area contributed by atoms with Crippen LogP contribution in [0.1, 0.15) is 59.4 Å². The quantitative estimate of drug-likeness (QED) is 0.286. The van der Waals surface area contributed by atoms with Crippen LogP contribution >= 0.6 is 0 Å². The predicted octanol–water partition coefficient (Wildman–Crippen LogP) is 5.77. The van der Waals surface area contributed by atoms with Gasteiger partial charge in [0.1, 0.15) is 0 Å². The Morgan fingerprint density at radius 1 is 0.868 bits per heavy atom. The van der Waals surface area contributed by atoms with Crippen LogP contribution in [0.3, 0.4) is 0 Å². The Labute approximate surface area is 226 Å². The van der Waals surface area contributed by atoms with Crippen LogP contribution in [-0.2, 0) is 11.2 Å². The van der Waals surface area contributed by atoms with Crippen molar-refractivity contribution in [1.82, 2.24) is 10.2 Å². The fourth-order valence-electron chi connectivity index (χ4n) is 4.21. The average molecular weight is 513 g/mol. The number of carbonyl (C=O) groups is 3. The minimum Gasteiger partial charge on any atom is -0.349 e. The van der Waals surface area contributed by atoms with Crippen LogP contribution in [0, 0.1) is 12.3 Å². The summed E-state index contributed by atoms with van der Waals surface area (Å²) in [7, 11) is 1.79. The molecule has 0 bridgehead atoms. The van der Waals surface area contributed by atoms with Crippen molar-refractivity contribution in [3.63, 3.8) is 0 Å². The fourth-order valence-corrected chi connectivity index (χ4v) is 4.21. The van der Waals surface area contributed by atoms with Gasteiger partial charge in [0, 0.05) is 42.4 Å². The van der Waals surface area contributed by atoms with Gasteiger partial charge in [-0.05, 0) is 55.2 Å². The van der Waals surface area contributed by atoms with Gasteiger partial charge >= 0.3 is 0 Å². The highest BCUT2D eigenvalue weighted by Gasteiger charge is 2.23. The molecule has 0 fully saturated rings. The van der Waals surface area contributed by atoms with Crippen molar-refractivity contribution in [1.29, 1.82) is 0 Å². The predicted molar refractivity (Wildman–Crippen MR) is 153 cm³/mol. The number of para-hydroxylation sites is 1. The highest BCUT2D eigenvalue weighted by atomic mass is 16.2. The topological polar surface area (TPSA) is 78.5 Å². The van der Waals surface area contributed by atoms with Crippen LogP contribution in [0.15, 0.2) is 84.9 Å². The Bertz CT molecular complexity index is 1180. The molecule has 0 saturated heterocycles. The van der Waals surface area contributed by atoms with Gasteiger partial charge in [-0.1, -0.05) is 81.3 Å². The van der Waals surface area contributed by atoms with E-state index in [0.717, 1.165) is 30.5 Å². The molecule has 1 unspecified atom stereocenters. The Kier molecular flexibility index (Phi) is 11.1. The third-order valence-electron chi connectivity index (χ3n) is 6.41. The van der Waals surface area contributed by atoms with Crippen molar-refractivity contribution in [2.75, 3.05) is 18.9 Å². The summed E-state index contributed by atoms with van der Waals surface area (Å²) < 4.78 is 0. The number of nitrogens with zero attached hydrogens (tertiary/aromatic N) is 1. The van der Waals surface area contributed by atoms with E-state index in [1.165, 1.54) is 0 Å². The van der Waals surface area contributed by atoms with E-state index in [1.54, 1.807) is 36.2 Å². The molecule has 3 aromatic carbocycles. The van der Waals surface area contributed by atoms with Crippen LogP contribution < -0.4 is 10.6 Å². The number of hydrogen-bond donors (Lipinski definition) is 2. The van der Waals surface area contributed by atoms with Gasteiger partial charge < -0.3 is 15.5 Å². The first-order chi connectivity index (χ1) is 18.4. The maximum atomic E-state index is 13.3. The molecule has 2 N–H and O–H groups in total. The van der Waals surface area contributed by atoms with Crippen LogP contribution in [0.2, 0.25) is 0 Å². The summed E-state index contributed by atoms with van der Waals surface area (Å²) in [6.45, 7) is 4.62. The Morgan fingerprint density at radius 3 is 2.21 bits per heavy atom. The smallest absolute Gasteiger partial charge is 0.253 e. The van der Waals surface area contributed by atoms with Crippen LogP contribution in [0.5, 0.6) is 0 Å². The van der Waals surface area contributed by atoms with Gasteiger partial charge in [-0.2, -0.15) is 0 Å². The highest BCUT2D eigenvalue weighted by Crippen LogP contribution is 2.16. The van der Waals surface area contributed by atoms with Gasteiger partial charge in [0.2, 0.25) is 5.91 Å². The van der Waals surface area contributed by atoms with E-state index < -0.39 is 12.0 Å². The third kappa shape index (κ3) is 8.87. The van der Waals surface area contributed by atoms with Crippen molar-refractivity contribution in [3.05, 3.63) is 108 Å². The first kappa shape index (κ1) is 28.6. The Hall–Kier alpha value is -3.93. The molecule has 0 aromatic heterocycles. The summed E-state index contributed by atoms with van der Waals surface area (Å²) in [6, 6.07) is 25.5. The molecule has 3 aromatic rings. The SMILES string of the molecule is CCCCCN(C)C(=O)c1cccc(C(=O)N[C@H]([CH]C(C)C(=O)Nc2ccccc2)Cc2ccccc2)c1. The summed E-state index contributed by atoms with van der Waals surface area (Å²) in [4.78, 5) is 40.7. The molecule has 0 aliphatic heterocycles. The third-order valence-corrected chi connectivity index (χ3v) is 6.41. The second kappa shape index (κ2) is 14.7. The minimum absolute atomic E-state index is 0.102. The largest absolute Gasteiger partial charge is 0.349 e. The minimum atomic E-state index is -0.450. The number of benzene rings is 3. The number of hydrogen-bond acceptors (Lipinski definition) is 3. The van der Waals surface area contributed by atoms with Crippen molar-refractivity contribution in [2.24, 2.45) is 5.92 Å². The van der Waals surface area contributed by atoms with Crippen molar-refractivity contribution in [2.45, 2.75) is 45.6 Å². The Morgan fingerprint density at radius 2 is 1.53 bits per heavy atom. The second-order valence-electron chi connectivity index (χ2n) is 9.62. The van der Waals surface area contributed by atoms with E-state index in [9.17, 15) is 14.4 Å². The zero-order chi connectivity index (χ0) is 27.3. The molecule has 3 rings (SSSR count). The number of unbranched alkanes of at least 4 members (excludes halogenated alkanes) is 2. The molecule has 3 amide bonds. The van der Waals surface area contributed by atoms with Gasteiger partial charge in [-0.15, -0.1) is 0 Å². The van der Waals surface area contributed by atoms with E-state index in [2.05, 4.69) is 17.6 Å². The number of rotatable bonds is 13. The molecule has 2 atom stereocenters. The zero-order valence-corrected chi connectivity index (χ0v) is 22.5. The van der Waals surface area contributed by atoms with Gasteiger partial charge in [0.25, 0.3) is 11.8 Å². The standard InChI is InChI=1S/C32H38N3O3/c1-4-5-12-20-35(3)32(38)27-17-13-16-26(23-27)31(37)34-29(22-25-14-8-6-9-15-25)21-24(2)30(36)33-28-18-10-7-11-19-28/h6-11,13-19,21,23-24,29H,4-5,12,20,22H2,1-3H3,(H,33,36)(H,34,37)/t24?,29-/m1/s1. The molecular formula is C32H38N3O3. The lowest BCUT2D eigenvalue weighted by molar-refractivity contribution is -0.118. The molecule has 6 nitrogen and oxygen atoms in total. The number of anilines is 1. The molecule has 0 heterocycles. The normalized spacial score (nSPS) is 12.3. The molecule has 0 saturated carbocycles. The monoisotopic (exact) mass is 512 g/mol. The molecule has 0 aliphatic rings. The lowest BCUT2D eigenvalue weighted by atomic mass is 9.95. The van der Waals surface area contributed by atoms with E-state index in [-0.39, 0.29) is 17.7 Å². The summed E-state index contributed by atoms with van der Waals surface area (Å²) >= 11 is 0. The summed E-state index contributed by atoms with van der Waals surface area (Å²) in [6.07, 6.45) is 5.51. The van der Waals surface area contributed by atoms with Gasteiger partial charge in [-0.3, -0.25) is 14.4 Å².